The number of rotatable bonds is 10. The molecule has 8 aliphatic rings. The fraction of sp³-hybridized carbons (Fsp3) is 0.686. The fourth-order valence-corrected chi connectivity index (χ4v) is 9.33. The van der Waals surface area contributed by atoms with Gasteiger partial charge in [-0.25, -0.2) is 95.9 Å². The fourth-order valence-electron chi connectivity index (χ4n) is 9.33. The van der Waals surface area contributed by atoms with Crippen molar-refractivity contribution in [3.8, 4) is 0 Å². The van der Waals surface area contributed by atoms with E-state index in [4.69, 9.17) is 33.2 Å². The Kier molecular flexibility index (Phi) is 37.4. The lowest BCUT2D eigenvalue weighted by atomic mass is 9.83. The van der Waals surface area contributed by atoms with Gasteiger partial charge in [0.05, 0.1) is 39.1 Å². The zero-order valence-electron chi connectivity index (χ0n) is 68.0. The van der Waals surface area contributed by atoms with Crippen molar-refractivity contribution in [2.24, 2.45) is 5.41 Å². The van der Waals surface area contributed by atoms with Crippen LogP contribution in [0.1, 0.15) is 164 Å². The van der Waals surface area contributed by atoms with Gasteiger partial charge >= 0.3 is 138 Å². The topological polar surface area (TPSA) is 560 Å². The molecule has 0 aromatic rings. The van der Waals surface area contributed by atoms with Crippen LogP contribution in [0.3, 0.4) is 0 Å². The van der Waals surface area contributed by atoms with Crippen molar-refractivity contribution in [1.29, 1.82) is 0 Å². The molecule has 0 amide bonds. The molecule has 0 radical (unpaired) electrons. The van der Waals surface area contributed by atoms with Gasteiger partial charge in [0.15, 0.2) is 24.8 Å². The van der Waals surface area contributed by atoms with Crippen LogP contribution in [0.5, 0.6) is 0 Å². The van der Waals surface area contributed by atoms with Crippen molar-refractivity contribution in [3.05, 3.63) is 0 Å². The van der Waals surface area contributed by atoms with E-state index in [0.717, 1.165) is 27.1 Å². The van der Waals surface area contributed by atoms with E-state index in [9.17, 15) is 141 Å². The van der Waals surface area contributed by atoms with Crippen LogP contribution >= 0.6 is 0 Å². The molecule has 50 heteroatoms. The molecule has 0 aromatic carbocycles. The van der Waals surface area contributed by atoms with Crippen molar-refractivity contribution >= 4 is 131 Å². The summed E-state index contributed by atoms with van der Waals surface area (Å²) in [6.07, 6.45) is -19.4. The van der Waals surface area contributed by atoms with Gasteiger partial charge < -0.3 is 94.7 Å². The van der Waals surface area contributed by atoms with Crippen molar-refractivity contribution in [2.45, 2.75) is 270 Å². The highest BCUT2D eigenvalue weighted by molar-refractivity contribution is 6.37. The average molecular weight is 1750 g/mol. The van der Waals surface area contributed by atoms with E-state index in [-0.39, 0.29) is 37.4 Å². The molecule has 7 saturated heterocycles. The number of esters is 20. The minimum absolute atomic E-state index is 0.00910. The van der Waals surface area contributed by atoms with Crippen LogP contribution in [0.25, 0.3) is 0 Å². The summed E-state index contributed by atoms with van der Waals surface area (Å²) in [4.78, 5) is 243. The van der Waals surface area contributed by atoms with Gasteiger partial charge in [-0.05, 0) is 136 Å². The minimum Gasteiger partial charge on any atom is -0.466 e. The molecule has 8 atom stereocenters. The zero-order valence-corrected chi connectivity index (χ0v) is 68.0. The van der Waals surface area contributed by atoms with Crippen molar-refractivity contribution in [1.82, 2.24) is 0 Å². The number of hydrogen-bond acceptors (Lipinski definition) is 42. The van der Waals surface area contributed by atoms with Crippen molar-refractivity contribution < 1.29 is 235 Å². The molecule has 42 nitrogen and oxygen atoms in total. The first-order valence-electron chi connectivity index (χ1n) is 34.8. The maximum absolute atomic E-state index is 12.7. The van der Waals surface area contributed by atoms with Crippen molar-refractivity contribution in [2.75, 3.05) is 34.0 Å². The lowest BCUT2D eigenvalue weighted by molar-refractivity contribution is -0.385. The van der Waals surface area contributed by atoms with Crippen LogP contribution in [-0.4, -0.2) is 272 Å². The largest absolute Gasteiger partial charge is 0.466 e. The molecule has 2 unspecified atom stereocenters. The van der Waals surface area contributed by atoms with E-state index < -0.39 is 239 Å². The summed E-state index contributed by atoms with van der Waals surface area (Å²) in [6, 6.07) is 0. The number of halogens is 8. The molecule has 7 aliphatic heterocycles. The summed E-state index contributed by atoms with van der Waals surface area (Å²) in [7, 11) is 2.06. The van der Waals surface area contributed by atoms with Gasteiger partial charge in [0.25, 0.3) is 11.2 Å². The lowest BCUT2D eigenvalue weighted by Gasteiger charge is -2.47. The quantitative estimate of drug-likeness (QED) is 0.0993. The normalized spacial score (nSPS) is 25.4. The Morgan fingerprint density at radius 3 is 0.825 bits per heavy atom. The van der Waals surface area contributed by atoms with Crippen LogP contribution in [0.15, 0.2) is 0 Å². The van der Waals surface area contributed by atoms with Gasteiger partial charge in [0.1, 0.15) is 22.4 Å². The number of carbonyl (C=O) groups is 22. The number of methoxy groups -OCH3 is 2. The van der Waals surface area contributed by atoms with E-state index in [1.54, 1.807) is 96.9 Å². The molecule has 120 heavy (non-hydrogen) atoms. The molecule has 0 bridgehead atoms. The minimum atomic E-state index is -5.58. The Morgan fingerprint density at radius 2 is 0.592 bits per heavy atom. The first-order valence-corrected chi connectivity index (χ1v) is 34.8. The van der Waals surface area contributed by atoms with Gasteiger partial charge in [0, 0.05) is 19.3 Å². The second-order valence-electron chi connectivity index (χ2n) is 29.3. The second-order valence-corrected chi connectivity index (χ2v) is 29.3. The first kappa shape index (κ1) is 106. The first-order chi connectivity index (χ1) is 54.4. The van der Waals surface area contributed by atoms with E-state index >= 15 is 0 Å². The molecule has 0 N–H and O–H groups in total. The predicted molar refractivity (Wildman–Crippen MR) is 359 cm³/mol. The zero-order chi connectivity index (χ0) is 93.7. The number of carbonyl (C=O) groups excluding carboxylic acids is 22. The summed E-state index contributed by atoms with van der Waals surface area (Å²) in [6.45, 7) is 26.9. The van der Waals surface area contributed by atoms with Gasteiger partial charge in [-0.2, -0.15) is 35.1 Å². The van der Waals surface area contributed by atoms with Crippen LogP contribution in [0.4, 0.5) is 35.1 Å². The smallest absolute Gasteiger partial charge is 0.432 e. The second kappa shape index (κ2) is 42.2. The Balaban J connectivity index is 0.000000692. The van der Waals surface area contributed by atoms with Crippen LogP contribution in [-0.2, 0) is 200 Å². The van der Waals surface area contributed by atoms with Crippen molar-refractivity contribution in [3.63, 3.8) is 0 Å². The molecule has 0 aromatic heterocycles. The van der Waals surface area contributed by atoms with Gasteiger partial charge in [0.2, 0.25) is 36.6 Å². The lowest BCUT2D eigenvalue weighted by Crippen LogP contribution is -2.73. The summed E-state index contributed by atoms with van der Waals surface area (Å²) >= 11 is 0. The van der Waals surface area contributed by atoms with Crippen LogP contribution in [0, 0.1) is 5.41 Å². The van der Waals surface area contributed by atoms with Crippen LogP contribution < -0.4 is 0 Å². The summed E-state index contributed by atoms with van der Waals surface area (Å²) in [5.41, 5.74) is -10.7. The standard InChI is InChI=1S/C12H16O8.C11H14O8.C9H14O4.C9H14O2.C8H6F6O4.C8H8O8.C8H12O4.C5H4F2O4/c1-5(2)17-9(13)7-8(10(14)18-6(3)4)20-12(16)11(15)19-7;1-4-16-8(12)6-7(9(13)17-5(2)3)19-11(15)10(14)18-6;1-8(2)5-9(3,4)13-7(11)6(10)12-8;1-9(2)5-3-7(10)8(11)4-6-9;1-5(7(9,10)11)6(2,8(12,13)14)18-4(16)3(15)17-5;1-13-5(9)3-4(6(10)14-2)16-8(12)7(11)15-3;1-7(2)8(3,4)12-6(10)5(9)11-7;6-5(7)1-10-3(8)4(9)11-2-5/h5-8H,1-4H3;5-7H,4H2,1-3H3;5H2,1-4H3;3-6H2,1-2H3;1-2H3;3-4H,1-2H3;1-4H3;1-2H2/t7-,8-;6-,7-;;;;3-,4-;;/m11...1../s1. The van der Waals surface area contributed by atoms with Gasteiger partial charge in [-0.3, -0.25) is 9.59 Å². The monoisotopic (exact) mass is 1750 g/mol. The number of ether oxygens (including phenoxy) is 20. The third-order valence-electron chi connectivity index (χ3n) is 16.1. The SMILES string of the molecule is CC(C)OC(=O)[C@@H]1OC(=O)C(=O)O[C@H]1C(=O)OC(C)C.CC1(C(F)(F)F)OC(=O)C(=O)OC1(C)C(F)(F)F.CC1(C)CC(C)(C)OC(=O)C(=O)O1.CC1(C)CCC(=O)C(=O)CC1.CC1(C)OC(=O)C(=O)OC1(C)C.CCOC(=O)[C@@H]1OC(=O)C(=O)O[C@H]1C(=O)OC(C)C.COC(=O)[C@@H]1OC(=O)C(=O)O[C@H]1C(=O)OC.O=C1OCC(F)(F)COC1=O. The third-order valence-corrected chi connectivity index (χ3v) is 16.1. The Morgan fingerprint density at radius 1 is 0.358 bits per heavy atom. The molecule has 8 rings (SSSR count). The third kappa shape index (κ3) is 30.8. The van der Waals surface area contributed by atoms with Crippen LogP contribution in [0.2, 0.25) is 0 Å². The Labute approximate surface area is 674 Å². The number of alkyl halides is 8. The molecule has 0 spiro atoms. The highest BCUT2D eigenvalue weighted by Gasteiger charge is 2.79. The maximum atomic E-state index is 12.7. The predicted octanol–water partition coefficient (Wildman–Crippen LogP) is 2.09. The molecule has 676 valence electrons. The summed E-state index contributed by atoms with van der Waals surface area (Å²) in [5.74, 6) is -28.4. The van der Waals surface area contributed by atoms with E-state index in [2.05, 4.69) is 75.4 Å². The number of ketones is 2. The van der Waals surface area contributed by atoms with E-state index in [1.165, 1.54) is 6.92 Å². The number of hydrogen-bond donors (Lipinski definition) is 0. The highest BCUT2D eigenvalue weighted by Crippen LogP contribution is 2.53. The number of cyclic esters (lactones) is 14. The number of Topliss-reactive ketones (excluding diaryl/α,β-unsaturated/α-hetero) is 2. The molecule has 1 aliphatic carbocycles. The van der Waals surface area contributed by atoms with Gasteiger partial charge in [-0.15, -0.1) is 0 Å². The Bertz CT molecular complexity index is 3690. The van der Waals surface area contributed by atoms with Gasteiger partial charge in [-0.1, -0.05) is 13.8 Å². The Hall–Kier alpha value is -11.8. The molecule has 8 fully saturated rings. The maximum Gasteiger partial charge on any atom is 0.432 e. The molecule has 1 saturated carbocycles. The average Bonchev–Trinajstić information content (AvgIpc) is 0.952. The molecular weight excluding hydrogens is 1660 g/mol. The highest BCUT2D eigenvalue weighted by atomic mass is 19.4. The van der Waals surface area contributed by atoms with E-state index in [0.29, 0.717) is 19.3 Å². The van der Waals surface area contributed by atoms with E-state index in [1.807, 2.05) is 0 Å². The molecule has 7 heterocycles. The molecular formula is C70H88F8O42. The summed E-state index contributed by atoms with van der Waals surface area (Å²) in [5, 5.41) is 0. The summed E-state index contributed by atoms with van der Waals surface area (Å²) < 4.78 is 190.